The molecule has 0 aromatic heterocycles. The van der Waals surface area contributed by atoms with Gasteiger partial charge in [-0.2, -0.15) is 4.31 Å². The summed E-state index contributed by atoms with van der Waals surface area (Å²) < 4.78 is 33.7. The molecule has 2 N–H and O–H groups in total. The number of benzene rings is 2. The molecular weight excluding hydrogens is 439 g/mol. The topological polar surface area (TPSA) is 95.9 Å². The smallest absolute Gasteiger partial charge is 0.497 e. The first kappa shape index (κ1) is 26.8. The Balaban J connectivity index is 0.00000363. The van der Waals surface area contributed by atoms with Gasteiger partial charge in [-0.05, 0) is 68.4 Å². The van der Waals surface area contributed by atoms with Crippen LogP contribution in [0, 0.1) is 18.8 Å². The first-order chi connectivity index (χ1) is 14.8. The number of hydroxylamine groups is 1. The molecule has 1 aliphatic carbocycles. The number of carbonyl (C=O) groups is 1. The Hall–Kier alpha value is -1.42. The number of nitrogens with zero attached hydrogens (tertiary/aromatic N) is 1. The Bertz CT molecular complexity index is 972. The van der Waals surface area contributed by atoms with Crippen molar-refractivity contribution in [2.45, 2.75) is 44.0 Å². The van der Waals surface area contributed by atoms with Gasteiger partial charge in [0.25, 0.3) is 0 Å². The van der Waals surface area contributed by atoms with Crippen LogP contribution in [-0.2, 0) is 21.4 Å². The van der Waals surface area contributed by atoms with E-state index in [4.69, 9.17) is 9.94 Å². The van der Waals surface area contributed by atoms with Gasteiger partial charge in [0.1, 0.15) is 5.75 Å². The Morgan fingerprint density at radius 2 is 1.66 bits per heavy atom. The van der Waals surface area contributed by atoms with E-state index in [1.165, 1.54) is 4.31 Å². The summed E-state index contributed by atoms with van der Waals surface area (Å²) in [5.74, 6) is 0.296. The van der Waals surface area contributed by atoms with Crippen molar-refractivity contribution < 1.29 is 52.7 Å². The molecule has 9 heteroatoms. The molecule has 0 aliphatic heterocycles. The Morgan fingerprint density at radius 1 is 1.06 bits per heavy atom. The van der Waals surface area contributed by atoms with Crippen LogP contribution in [-0.4, -0.2) is 37.5 Å². The van der Waals surface area contributed by atoms with E-state index in [-0.39, 0.29) is 58.7 Å². The average Bonchev–Trinajstić information content (AvgIpc) is 2.79. The molecule has 168 valence electrons. The van der Waals surface area contributed by atoms with E-state index in [1.54, 1.807) is 36.9 Å². The summed E-state index contributed by atoms with van der Waals surface area (Å²) in [6, 6.07) is 14.3. The molecule has 2 aromatic carbocycles. The number of sulfonamides is 1. The molecule has 1 amide bonds. The minimum absolute atomic E-state index is 0. The van der Waals surface area contributed by atoms with Gasteiger partial charge >= 0.3 is 29.6 Å². The Labute approximate surface area is 212 Å². The van der Waals surface area contributed by atoms with E-state index < -0.39 is 10.0 Å². The molecule has 0 heterocycles. The number of amides is 1. The largest absolute Gasteiger partial charge is 1.00 e. The molecule has 32 heavy (non-hydrogen) atoms. The minimum Gasteiger partial charge on any atom is -0.497 e. The predicted octanol–water partition coefficient (Wildman–Crippen LogP) is 0.510. The van der Waals surface area contributed by atoms with Crippen LogP contribution in [0.1, 0.15) is 36.8 Å². The first-order valence-electron chi connectivity index (χ1n) is 10.5. The molecule has 0 radical (unpaired) electrons. The van der Waals surface area contributed by atoms with Crippen molar-refractivity contribution >= 4 is 15.9 Å². The summed E-state index contributed by atoms with van der Waals surface area (Å²) in [5.41, 5.74) is 3.61. The van der Waals surface area contributed by atoms with Crippen molar-refractivity contribution in [1.82, 2.24) is 9.79 Å². The molecule has 3 rings (SSSR count). The minimum atomic E-state index is -3.68. The number of nitrogens with one attached hydrogen (secondary N) is 1. The van der Waals surface area contributed by atoms with Gasteiger partial charge < -0.3 is 4.74 Å². The van der Waals surface area contributed by atoms with Crippen LogP contribution in [0.25, 0.3) is 0 Å². The summed E-state index contributed by atoms with van der Waals surface area (Å²) in [7, 11) is -2.09. The summed E-state index contributed by atoms with van der Waals surface area (Å²) in [6.45, 7) is 2.57. The first-order valence-corrected chi connectivity index (χ1v) is 11.9. The van der Waals surface area contributed by atoms with E-state index in [1.807, 2.05) is 31.2 Å². The fourth-order valence-corrected chi connectivity index (χ4v) is 5.53. The van der Waals surface area contributed by atoms with E-state index >= 15 is 0 Å². The van der Waals surface area contributed by atoms with E-state index in [2.05, 4.69) is 0 Å². The van der Waals surface area contributed by atoms with Crippen molar-refractivity contribution in [2.24, 2.45) is 11.8 Å². The predicted molar refractivity (Wildman–Crippen MR) is 117 cm³/mol. The number of ether oxygens (including phenoxy) is 1. The van der Waals surface area contributed by atoms with Gasteiger partial charge in [-0.1, -0.05) is 29.8 Å². The van der Waals surface area contributed by atoms with Gasteiger partial charge in [0.2, 0.25) is 15.9 Å². The maximum atomic E-state index is 13.5. The van der Waals surface area contributed by atoms with Crippen LogP contribution >= 0.6 is 0 Å². The van der Waals surface area contributed by atoms with Gasteiger partial charge in [0.05, 0.1) is 12.0 Å². The molecule has 0 spiro atoms. The van der Waals surface area contributed by atoms with Crippen molar-refractivity contribution in [3.8, 4) is 5.75 Å². The molecule has 1 fully saturated rings. The zero-order valence-corrected chi connectivity index (χ0v) is 21.8. The van der Waals surface area contributed by atoms with Crippen molar-refractivity contribution in [3.63, 3.8) is 0 Å². The number of carbonyl (C=O) groups excluding carboxylic acids is 1. The van der Waals surface area contributed by atoms with Gasteiger partial charge in [-0.3, -0.25) is 10.0 Å². The van der Waals surface area contributed by atoms with Crippen LogP contribution in [0.15, 0.2) is 53.4 Å². The summed E-state index contributed by atoms with van der Waals surface area (Å²) in [5, 5.41) is 8.86. The third kappa shape index (κ3) is 6.79. The number of aryl methyl sites for hydroxylation is 1. The normalized spacial score (nSPS) is 18.6. The van der Waals surface area contributed by atoms with Crippen LogP contribution < -0.4 is 39.8 Å². The van der Waals surface area contributed by atoms with Crippen LogP contribution in [0.4, 0.5) is 0 Å². The molecule has 1 saturated carbocycles. The van der Waals surface area contributed by atoms with E-state index in [9.17, 15) is 13.2 Å². The molecule has 0 atom stereocenters. The van der Waals surface area contributed by atoms with Crippen LogP contribution in [0.2, 0.25) is 0 Å². The van der Waals surface area contributed by atoms with Gasteiger partial charge in [0, 0.05) is 19.0 Å². The number of rotatable bonds is 8. The maximum Gasteiger partial charge on any atom is 1.00 e. The summed E-state index contributed by atoms with van der Waals surface area (Å²) >= 11 is 0. The van der Waals surface area contributed by atoms with Gasteiger partial charge in [-0.25, -0.2) is 13.9 Å². The van der Waals surface area contributed by atoms with Crippen molar-refractivity contribution in [1.29, 1.82) is 0 Å². The maximum absolute atomic E-state index is 13.5. The van der Waals surface area contributed by atoms with Gasteiger partial charge in [0.15, 0.2) is 0 Å². The fourth-order valence-electron chi connectivity index (χ4n) is 4.03. The fraction of sp³-hybridized carbons (Fsp3) is 0.435. The van der Waals surface area contributed by atoms with E-state index in [0.29, 0.717) is 19.4 Å². The molecule has 0 bridgehead atoms. The average molecular weight is 470 g/mol. The van der Waals surface area contributed by atoms with Crippen molar-refractivity contribution in [2.75, 3.05) is 13.7 Å². The summed E-state index contributed by atoms with van der Waals surface area (Å²) in [4.78, 5) is 12.0. The SMILES string of the molecule is COc1ccc(CN(CC2CCC(C(=O)NO)CC2)S(=O)(=O)c2ccc(C)cc2)cc1.[Na+]. The molecule has 2 aromatic rings. The third-order valence-corrected chi connectivity index (χ3v) is 7.79. The zero-order valence-electron chi connectivity index (χ0n) is 19.0. The van der Waals surface area contributed by atoms with Gasteiger partial charge in [-0.15, -0.1) is 0 Å². The monoisotopic (exact) mass is 469 g/mol. The molecule has 7 nitrogen and oxygen atoms in total. The second-order valence-electron chi connectivity index (χ2n) is 8.15. The quantitative estimate of drug-likeness (QED) is 0.334. The number of methoxy groups -OCH3 is 1. The number of hydrogen-bond acceptors (Lipinski definition) is 5. The molecular formula is C23H30N2NaO5S+. The van der Waals surface area contributed by atoms with Crippen LogP contribution in [0.5, 0.6) is 5.75 Å². The van der Waals surface area contributed by atoms with E-state index in [0.717, 1.165) is 29.7 Å². The zero-order chi connectivity index (χ0) is 22.4. The molecule has 0 unspecified atom stereocenters. The second kappa shape index (κ2) is 12.2. The Kier molecular flexibility index (Phi) is 10.2. The molecule has 0 saturated heterocycles. The standard InChI is InChI=1S/C23H30N2O5S.Na/c1-17-3-13-22(14-4-17)31(28,29)25(16-19-7-11-21(30-2)12-8-19)15-18-5-9-20(10-6-18)23(26)24-27;/h3-4,7-8,11-14,18,20,27H,5-6,9-10,15-16H2,1-2H3,(H,24,26);/q;+1. The third-order valence-electron chi connectivity index (χ3n) is 5.97. The Morgan fingerprint density at radius 3 is 2.19 bits per heavy atom. The van der Waals surface area contributed by atoms with Crippen LogP contribution in [0.3, 0.4) is 0 Å². The second-order valence-corrected chi connectivity index (χ2v) is 10.1. The number of hydrogen-bond donors (Lipinski definition) is 2. The summed E-state index contributed by atoms with van der Waals surface area (Å²) in [6.07, 6.45) is 2.75. The molecule has 1 aliphatic rings. The van der Waals surface area contributed by atoms with Crippen molar-refractivity contribution in [3.05, 3.63) is 59.7 Å².